The molecule has 0 saturated carbocycles. The highest BCUT2D eigenvalue weighted by Crippen LogP contribution is 2.25. The quantitative estimate of drug-likeness (QED) is 0.677. The van der Waals surface area contributed by atoms with Crippen molar-refractivity contribution in [2.75, 3.05) is 20.1 Å². The van der Waals surface area contributed by atoms with Crippen molar-refractivity contribution in [3.05, 3.63) is 63.0 Å². The molecule has 28 heavy (non-hydrogen) atoms. The Bertz CT molecular complexity index is 1030. The summed E-state index contributed by atoms with van der Waals surface area (Å²) in [6.45, 7) is 3.64. The molecular weight excluding hydrogens is 396 g/mol. The average molecular weight is 415 g/mol. The lowest BCUT2D eigenvalue weighted by Crippen LogP contribution is -2.25. The molecule has 1 amide bonds. The molecule has 0 bridgehead atoms. The Hall–Kier alpha value is -2.64. The number of rotatable bonds is 5. The maximum absolute atomic E-state index is 12.3. The molecule has 0 aliphatic carbocycles. The predicted octanol–water partition coefficient (Wildman–Crippen LogP) is 4.24. The highest BCUT2D eigenvalue weighted by molar-refractivity contribution is 7.18. The number of amidine groups is 1. The van der Waals surface area contributed by atoms with Gasteiger partial charge in [-0.05, 0) is 19.1 Å². The van der Waals surface area contributed by atoms with Crippen LogP contribution < -0.4 is 5.32 Å². The fraction of sp³-hybridized carbons (Fsp3) is 0.250. The van der Waals surface area contributed by atoms with Gasteiger partial charge in [-0.15, -0.1) is 11.3 Å². The van der Waals surface area contributed by atoms with Crippen LogP contribution in [0.5, 0.6) is 0 Å². The Kier molecular flexibility index (Phi) is 5.19. The van der Waals surface area contributed by atoms with Gasteiger partial charge in [-0.25, -0.2) is 0 Å². The second-order valence-electron chi connectivity index (χ2n) is 6.62. The standard InChI is InChI=1S/C20H19ClN4O2S/c1-12(23-20(26)17-7-8-18(21)28-17)16-11-15(24-27-16)13-3-5-14(6-4-13)19-22-9-10-25(19)2/h3-8,11-12H,9-10H2,1-2H3,(H,23,26). The van der Waals surface area contributed by atoms with Gasteiger partial charge in [0.15, 0.2) is 5.76 Å². The number of hydrogen-bond donors (Lipinski definition) is 1. The summed E-state index contributed by atoms with van der Waals surface area (Å²) in [4.78, 5) is 19.5. The minimum Gasteiger partial charge on any atom is -0.359 e. The fourth-order valence-corrected chi connectivity index (χ4v) is 3.99. The van der Waals surface area contributed by atoms with Crippen LogP contribution >= 0.6 is 22.9 Å². The number of amides is 1. The summed E-state index contributed by atoms with van der Waals surface area (Å²) in [7, 11) is 2.05. The van der Waals surface area contributed by atoms with Crippen molar-refractivity contribution in [3.63, 3.8) is 0 Å². The Morgan fingerprint density at radius 3 is 2.64 bits per heavy atom. The molecule has 0 fully saturated rings. The van der Waals surface area contributed by atoms with Crippen molar-refractivity contribution in [1.82, 2.24) is 15.4 Å². The molecule has 6 nitrogen and oxygen atoms in total. The predicted molar refractivity (Wildman–Crippen MR) is 111 cm³/mol. The largest absolute Gasteiger partial charge is 0.359 e. The number of halogens is 1. The molecule has 3 aromatic rings. The second kappa shape index (κ2) is 7.77. The Balaban J connectivity index is 1.45. The maximum Gasteiger partial charge on any atom is 0.261 e. The fourth-order valence-electron chi connectivity index (χ4n) is 3.04. The van der Waals surface area contributed by atoms with Crippen LogP contribution in [-0.4, -0.2) is 41.9 Å². The van der Waals surface area contributed by atoms with Crippen molar-refractivity contribution in [2.24, 2.45) is 4.99 Å². The number of carbonyl (C=O) groups is 1. The Morgan fingerprint density at radius 2 is 2.00 bits per heavy atom. The van der Waals surface area contributed by atoms with Crippen LogP contribution in [0, 0.1) is 0 Å². The van der Waals surface area contributed by atoms with E-state index < -0.39 is 0 Å². The van der Waals surface area contributed by atoms with Gasteiger partial charge in [0.1, 0.15) is 11.5 Å². The van der Waals surface area contributed by atoms with Gasteiger partial charge in [-0.3, -0.25) is 9.79 Å². The minimum atomic E-state index is -0.310. The third kappa shape index (κ3) is 3.81. The van der Waals surface area contributed by atoms with Crippen molar-refractivity contribution < 1.29 is 9.32 Å². The molecule has 0 radical (unpaired) electrons. The van der Waals surface area contributed by atoms with Crippen LogP contribution in [0.15, 0.2) is 52.0 Å². The van der Waals surface area contributed by atoms with Crippen LogP contribution in [0.25, 0.3) is 11.3 Å². The lowest BCUT2D eigenvalue weighted by atomic mass is 10.1. The summed E-state index contributed by atoms with van der Waals surface area (Å²) in [6, 6.07) is 13.0. The lowest BCUT2D eigenvalue weighted by Gasteiger charge is -2.13. The van der Waals surface area contributed by atoms with Gasteiger partial charge < -0.3 is 14.7 Å². The van der Waals surface area contributed by atoms with E-state index in [2.05, 4.69) is 20.4 Å². The van der Waals surface area contributed by atoms with E-state index in [0.717, 1.165) is 35.7 Å². The number of carbonyl (C=O) groups excluding carboxylic acids is 1. The first-order chi connectivity index (χ1) is 13.5. The molecule has 4 rings (SSSR count). The summed E-state index contributed by atoms with van der Waals surface area (Å²) in [5.74, 6) is 1.42. The summed E-state index contributed by atoms with van der Waals surface area (Å²) < 4.78 is 6.03. The van der Waals surface area contributed by atoms with Crippen LogP contribution in [0.1, 0.15) is 34.0 Å². The molecule has 8 heteroatoms. The zero-order chi connectivity index (χ0) is 19.7. The van der Waals surface area contributed by atoms with E-state index >= 15 is 0 Å². The first-order valence-corrected chi connectivity index (χ1v) is 10.1. The van der Waals surface area contributed by atoms with Crippen LogP contribution in [0.3, 0.4) is 0 Å². The number of aromatic nitrogens is 1. The van der Waals surface area contributed by atoms with Crippen LogP contribution in [-0.2, 0) is 0 Å². The van der Waals surface area contributed by atoms with Crippen LogP contribution in [0.2, 0.25) is 4.34 Å². The first-order valence-electron chi connectivity index (χ1n) is 8.90. The molecule has 2 aromatic heterocycles. The normalized spacial score (nSPS) is 14.8. The van der Waals surface area contributed by atoms with Gasteiger partial charge >= 0.3 is 0 Å². The molecule has 144 valence electrons. The second-order valence-corrected chi connectivity index (χ2v) is 8.33. The van der Waals surface area contributed by atoms with E-state index in [9.17, 15) is 4.79 Å². The molecule has 1 atom stereocenters. The molecular formula is C20H19ClN4O2S. The summed E-state index contributed by atoms with van der Waals surface area (Å²) >= 11 is 7.13. The van der Waals surface area contributed by atoms with Gasteiger partial charge in [-0.2, -0.15) is 0 Å². The Morgan fingerprint density at radius 1 is 1.25 bits per heavy atom. The van der Waals surface area contributed by atoms with Crippen molar-refractivity contribution in [1.29, 1.82) is 0 Å². The summed E-state index contributed by atoms with van der Waals surface area (Å²) in [6.07, 6.45) is 0. The number of nitrogens with zero attached hydrogens (tertiary/aromatic N) is 3. The molecule has 1 N–H and O–H groups in total. The van der Waals surface area contributed by atoms with E-state index in [1.165, 1.54) is 11.3 Å². The van der Waals surface area contributed by atoms with Gasteiger partial charge in [-0.1, -0.05) is 41.0 Å². The number of hydrogen-bond acceptors (Lipinski definition) is 6. The van der Waals surface area contributed by atoms with Crippen molar-refractivity contribution in [3.8, 4) is 11.3 Å². The number of likely N-dealkylation sites (N-methyl/N-ethyl adjacent to an activating group) is 1. The minimum absolute atomic E-state index is 0.187. The van der Waals surface area contributed by atoms with E-state index in [0.29, 0.717) is 15.0 Å². The smallest absolute Gasteiger partial charge is 0.261 e. The number of aliphatic imine (C=N–C) groups is 1. The third-order valence-corrected chi connectivity index (χ3v) is 5.83. The number of benzene rings is 1. The molecule has 1 unspecified atom stereocenters. The van der Waals surface area contributed by atoms with E-state index in [1.807, 2.05) is 44.3 Å². The van der Waals surface area contributed by atoms with Gasteiger partial charge in [0.25, 0.3) is 5.91 Å². The highest BCUT2D eigenvalue weighted by Gasteiger charge is 2.18. The van der Waals surface area contributed by atoms with Gasteiger partial charge in [0.2, 0.25) is 0 Å². The Labute approximate surface area is 171 Å². The molecule has 0 saturated heterocycles. The number of thiophene rings is 1. The van der Waals surface area contributed by atoms with Crippen molar-refractivity contribution >= 4 is 34.7 Å². The molecule has 1 aromatic carbocycles. The number of nitrogens with one attached hydrogen (secondary N) is 1. The van der Waals surface area contributed by atoms with E-state index in [4.69, 9.17) is 16.1 Å². The third-order valence-electron chi connectivity index (χ3n) is 4.60. The van der Waals surface area contributed by atoms with Crippen molar-refractivity contribution in [2.45, 2.75) is 13.0 Å². The molecule has 3 heterocycles. The molecule has 1 aliphatic heterocycles. The van der Waals surface area contributed by atoms with Crippen LogP contribution in [0.4, 0.5) is 0 Å². The zero-order valence-electron chi connectivity index (χ0n) is 15.5. The lowest BCUT2D eigenvalue weighted by molar-refractivity contribution is 0.0938. The van der Waals surface area contributed by atoms with Gasteiger partial charge in [0.05, 0.1) is 21.8 Å². The van der Waals surface area contributed by atoms with Gasteiger partial charge in [0, 0.05) is 30.8 Å². The molecule has 1 aliphatic rings. The SMILES string of the molecule is CC(NC(=O)c1ccc(Cl)s1)c1cc(-c2ccc(C3=NCCN3C)cc2)no1. The summed E-state index contributed by atoms with van der Waals surface area (Å²) in [5.41, 5.74) is 2.76. The monoisotopic (exact) mass is 414 g/mol. The highest BCUT2D eigenvalue weighted by atomic mass is 35.5. The zero-order valence-corrected chi connectivity index (χ0v) is 17.0. The molecule has 0 spiro atoms. The average Bonchev–Trinajstić information content (AvgIpc) is 3.42. The summed E-state index contributed by atoms with van der Waals surface area (Å²) in [5, 5.41) is 7.05. The first kappa shape index (κ1) is 18.7. The maximum atomic E-state index is 12.3. The van der Waals surface area contributed by atoms with E-state index in [1.54, 1.807) is 12.1 Å². The topological polar surface area (TPSA) is 70.7 Å². The van der Waals surface area contributed by atoms with E-state index in [-0.39, 0.29) is 11.9 Å².